The number of carbonyl (C=O) groups is 1. The van der Waals surface area contributed by atoms with Gasteiger partial charge in [0, 0.05) is 29.1 Å². The van der Waals surface area contributed by atoms with Crippen LogP contribution in [0.1, 0.15) is 60.2 Å². The van der Waals surface area contributed by atoms with Gasteiger partial charge in [-0.3, -0.25) is 4.79 Å². The lowest BCUT2D eigenvalue weighted by molar-refractivity contribution is 0.103. The summed E-state index contributed by atoms with van der Waals surface area (Å²) in [6.07, 6.45) is 7.72. The Morgan fingerprint density at radius 1 is 1.13 bits per heavy atom. The quantitative estimate of drug-likeness (QED) is 0.706. The summed E-state index contributed by atoms with van der Waals surface area (Å²) in [5, 5.41) is 3.70. The Bertz CT molecular complexity index is 1060. The highest BCUT2D eigenvalue weighted by atomic mass is 16.1. The zero-order chi connectivity index (χ0) is 22.0. The van der Waals surface area contributed by atoms with E-state index in [0.29, 0.717) is 17.3 Å². The Morgan fingerprint density at radius 2 is 1.87 bits per heavy atom. The van der Waals surface area contributed by atoms with Crippen molar-refractivity contribution in [2.75, 3.05) is 0 Å². The van der Waals surface area contributed by atoms with Crippen LogP contribution in [0.25, 0.3) is 5.70 Å². The first-order chi connectivity index (χ1) is 15.1. The zero-order valence-corrected chi connectivity index (χ0v) is 18.4. The smallest absolute Gasteiger partial charge is 0.193 e. The second-order valence-electron chi connectivity index (χ2n) is 7.95. The molecule has 0 saturated heterocycles. The molecule has 3 N–H and O–H groups in total. The van der Waals surface area contributed by atoms with Crippen LogP contribution in [-0.2, 0) is 0 Å². The van der Waals surface area contributed by atoms with E-state index in [9.17, 15) is 4.79 Å². The monoisotopic (exact) mass is 414 g/mol. The molecular weight excluding hydrogens is 384 g/mol. The van der Waals surface area contributed by atoms with E-state index in [1.165, 1.54) is 19.3 Å². The van der Waals surface area contributed by atoms with Crippen LogP contribution in [0.4, 0.5) is 0 Å². The van der Waals surface area contributed by atoms with Crippen molar-refractivity contribution in [1.29, 1.82) is 0 Å². The first-order valence-electron chi connectivity index (χ1n) is 11.1. The van der Waals surface area contributed by atoms with Crippen molar-refractivity contribution in [3.05, 3.63) is 88.9 Å². The Balaban J connectivity index is 0.00000112. The minimum absolute atomic E-state index is 0.0438. The molecule has 3 aliphatic rings. The van der Waals surface area contributed by atoms with Gasteiger partial charge in [0.2, 0.25) is 0 Å². The molecule has 0 radical (unpaired) electrons. The number of carbonyl (C=O) groups excluding carboxylic acids is 1. The molecule has 2 aliphatic heterocycles. The van der Waals surface area contributed by atoms with Gasteiger partial charge in [-0.2, -0.15) is 0 Å². The summed E-state index contributed by atoms with van der Waals surface area (Å²) in [6.45, 7) is 5.99. The van der Waals surface area contributed by atoms with Crippen molar-refractivity contribution in [3.8, 4) is 0 Å². The fourth-order valence-corrected chi connectivity index (χ4v) is 4.37. The highest BCUT2D eigenvalue weighted by Crippen LogP contribution is 2.39. The summed E-state index contributed by atoms with van der Waals surface area (Å²) in [7, 11) is 0. The molecule has 0 amide bonds. The molecule has 2 aromatic rings. The molecule has 1 unspecified atom stereocenters. The summed E-state index contributed by atoms with van der Waals surface area (Å²) in [4.78, 5) is 19.4. The summed E-state index contributed by atoms with van der Waals surface area (Å²) in [5.41, 5.74) is 11.6. The van der Waals surface area contributed by atoms with Crippen molar-refractivity contribution in [2.45, 2.75) is 46.2 Å². The standard InChI is InChI=1S/C24H24N4O.C2H6/c1-15-14-18(10-11-19(15)22(29)16-6-3-2-4-7-16)20-21-23(25)26-12-13-28(21)24(27-20)17-8-5-9-17;1-2/h2-4,6-7,10-14,17,24,27H,5,8-9H2,1H3,(H2,25,26);1-2H3. The number of rotatable bonds is 4. The third kappa shape index (κ3) is 3.76. The maximum absolute atomic E-state index is 12.9. The highest BCUT2D eigenvalue weighted by Gasteiger charge is 2.40. The van der Waals surface area contributed by atoms with Gasteiger partial charge in [-0.15, -0.1) is 0 Å². The number of nitrogens with two attached hydrogens (primary N) is 1. The van der Waals surface area contributed by atoms with Gasteiger partial charge < -0.3 is 16.0 Å². The zero-order valence-electron chi connectivity index (χ0n) is 18.4. The van der Waals surface area contributed by atoms with Crippen LogP contribution in [0.3, 0.4) is 0 Å². The topological polar surface area (TPSA) is 70.7 Å². The van der Waals surface area contributed by atoms with Crippen LogP contribution < -0.4 is 11.1 Å². The lowest BCUT2D eigenvalue weighted by atomic mass is 9.82. The fourth-order valence-electron chi connectivity index (χ4n) is 4.37. The average molecular weight is 415 g/mol. The predicted molar refractivity (Wildman–Crippen MR) is 126 cm³/mol. The van der Waals surface area contributed by atoms with Crippen LogP contribution in [0.15, 0.2) is 71.6 Å². The van der Waals surface area contributed by atoms with Crippen LogP contribution >= 0.6 is 0 Å². The number of hydrogen-bond donors (Lipinski definition) is 2. The number of nitrogens with one attached hydrogen (secondary N) is 1. The minimum atomic E-state index is 0.0438. The van der Waals surface area contributed by atoms with Crippen molar-refractivity contribution in [1.82, 2.24) is 10.2 Å². The van der Waals surface area contributed by atoms with Crippen LogP contribution in [-0.4, -0.2) is 22.7 Å². The van der Waals surface area contributed by atoms with E-state index in [4.69, 9.17) is 5.73 Å². The number of hydrogen-bond acceptors (Lipinski definition) is 5. The van der Waals surface area contributed by atoms with Crippen molar-refractivity contribution >= 4 is 17.3 Å². The van der Waals surface area contributed by atoms with E-state index in [1.807, 2.05) is 69.4 Å². The fraction of sp³-hybridized carbons (Fsp3) is 0.308. The molecule has 0 spiro atoms. The van der Waals surface area contributed by atoms with Gasteiger partial charge in [0.1, 0.15) is 17.7 Å². The van der Waals surface area contributed by atoms with Gasteiger partial charge >= 0.3 is 0 Å². The molecule has 5 rings (SSSR count). The van der Waals surface area contributed by atoms with Gasteiger partial charge in [0.15, 0.2) is 5.78 Å². The number of ketones is 1. The second-order valence-corrected chi connectivity index (χ2v) is 7.95. The van der Waals surface area contributed by atoms with Gasteiger partial charge in [0.05, 0.1) is 5.70 Å². The number of aryl methyl sites for hydroxylation is 1. The van der Waals surface area contributed by atoms with E-state index in [1.54, 1.807) is 6.20 Å². The number of nitrogens with zero attached hydrogens (tertiary/aromatic N) is 2. The largest absolute Gasteiger partial charge is 0.382 e. The molecule has 1 fully saturated rings. The average Bonchev–Trinajstić information content (AvgIpc) is 3.14. The highest BCUT2D eigenvalue weighted by molar-refractivity contribution is 6.10. The molecule has 1 atom stereocenters. The van der Waals surface area contributed by atoms with Crippen LogP contribution in [0.5, 0.6) is 0 Å². The molecule has 2 heterocycles. The van der Waals surface area contributed by atoms with E-state index in [-0.39, 0.29) is 11.9 Å². The molecule has 31 heavy (non-hydrogen) atoms. The summed E-state index contributed by atoms with van der Waals surface area (Å²) < 4.78 is 0. The predicted octanol–water partition coefficient (Wildman–Crippen LogP) is 4.79. The molecule has 0 bridgehead atoms. The van der Waals surface area contributed by atoms with Gasteiger partial charge in [-0.25, -0.2) is 4.99 Å². The third-order valence-corrected chi connectivity index (χ3v) is 6.16. The third-order valence-electron chi connectivity index (χ3n) is 6.16. The van der Waals surface area contributed by atoms with E-state index < -0.39 is 0 Å². The molecular formula is C26H30N4O. The van der Waals surface area contributed by atoms with Gasteiger partial charge in [0.25, 0.3) is 0 Å². The lowest BCUT2D eigenvalue weighted by Gasteiger charge is -2.37. The molecule has 2 aromatic carbocycles. The minimum Gasteiger partial charge on any atom is -0.382 e. The second kappa shape index (κ2) is 8.80. The Kier molecular flexibility index (Phi) is 5.94. The molecule has 0 aromatic heterocycles. The number of amidine groups is 1. The lowest BCUT2D eigenvalue weighted by Crippen LogP contribution is -2.45. The summed E-state index contributed by atoms with van der Waals surface area (Å²) in [5.74, 6) is 1.18. The van der Waals surface area contributed by atoms with E-state index in [2.05, 4.69) is 21.3 Å². The SMILES string of the molecule is CC.Cc1cc(C2=C3C(N)=NC=CN3C(C3CCC3)N2)ccc1C(=O)c1ccccc1. The molecule has 1 aliphatic carbocycles. The maximum atomic E-state index is 12.9. The van der Waals surface area contributed by atoms with Crippen LogP contribution in [0, 0.1) is 12.8 Å². The summed E-state index contributed by atoms with van der Waals surface area (Å²) in [6, 6.07) is 15.4. The Labute approximate surface area is 184 Å². The number of fused-ring (bicyclic) bond motifs is 1. The summed E-state index contributed by atoms with van der Waals surface area (Å²) >= 11 is 0. The molecule has 1 saturated carbocycles. The normalized spacial score (nSPS) is 19.6. The Hall–Kier alpha value is -3.34. The number of benzene rings is 2. The molecule has 5 nitrogen and oxygen atoms in total. The first-order valence-corrected chi connectivity index (χ1v) is 11.1. The van der Waals surface area contributed by atoms with Crippen LogP contribution in [0.2, 0.25) is 0 Å². The van der Waals surface area contributed by atoms with Crippen molar-refractivity contribution in [3.63, 3.8) is 0 Å². The molecule has 160 valence electrons. The van der Waals surface area contributed by atoms with E-state index in [0.717, 1.165) is 28.1 Å². The first kappa shape index (κ1) is 20.9. The van der Waals surface area contributed by atoms with Crippen molar-refractivity contribution < 1.29 is 4.79 Å². The maximum Gasteiger partial charge on any atom is 0.193 e. The van der Waals surface area contributed by atoms with Gasteiger partial charge in [-0.05, 0) is 37.3 Å². The molecule has 5 heteroatoms. The van der Waals surface area contributed by atoms with Crippen molar-refractivity contribution in [2.24, 2.45) is 16.6 Å². The Morgan fingerprint density at radius 3 is 2.52 bits per heavy atom. The van der Waals surface area contributed by atoms with Gasteiger partial charge in [-0.1, -0.05) is 62.7 Å². The van der Waals surface area contributed by atoms with E-state index >= 15 is 0 Å². The number of aliphatic imine (C=N–C) groups is 1.